The molecule has 0 N–H and O–H groups in total. The molecule has 4 atom stereocenters. The molecule has 0 aromatic heterocycles. The Bertz CT molecular complexity index is 1010. The first-order chi connectivity index (χ1) is 13.5. The van der Waals surface area contributed by atoms with Crippen molar-refractivity contribution in [2.45, 2.75) is 12.2 Å². The van der Waals surface area contributed by atoms with E-state index < -0.39 is 36.0 Å². The summed E-state index contributed by atoms with van der Waals surface area (Å²) in [5.41, 5.74) is 1.68. The number of cyclic esters (lactones) is 2. The van der Waals surface area contributed by atoms with Crippen LogP contribution in [0, 0.1) is 23.2 Å². The maximum Gasteiger partial charge on any atom is 0.320 e. The molecule has 7 heteroatoms. The van der Waals surface area contributed by atoms with Crippen molar-refractivity contribution in [1.82, 2.24) is 0 Å². The fourth-order valence-corrected chi connectivity index (χ4v) is 3.84. The Labute approximate surface area is 171 Å². The molecule has 28 heavy (non-hydrogen) atoms. The second kappa shape index (κ2) is 7.40. The second-order valence-corrected chi connectivity index (χ2v) is 7.44. The number of halogens is 2. The lowest BCUT2D eigenvalue weighted by Gasteiger charge is -2.16. The molecule has 2 aliphatic heterocycles. The van der Waals surface area contributed by atoms with Crippen LogP contribution < -0.4 is 0 Å². The van der Waals surface area contributed by atoms with Gasteiger partial charge >= 0.3 is 11.9 Å². The van der Waals surface area contributed by atoms with E-state index in [1.54, 1.807) is 54.6 Å². The molecule has 0 aliphatic carbocycles. The number of esters is 2. The average Bonchev–Trinajstić information content (AvgIpc) is 3.20. The number of benzene rings is 2. The molecule has 2 aromatic rings. The SMILES string of the molecule is N#C/C(=C\[C@H]1O[C@@H](c2ccc(Cl)cc2)[C@H]2C(=O)OC(=O)[C@H]21)c1ccc(Cl)cc1. The first-order valence-electron chi connectivity index (χ1n) is 8.52. The van der Waals surface area contributed by atoms with Crippen LogP contribution in [0.3, 0.4) is 0 Å². The number of nitrogens with zero attached hydrogens (tertiary/aromatic N) is 1. The predicted molar refractivity (Wildman–Crippen MR) is 102 cm³/mol. The lowest BCUT2D eigenvalue weighted by molar-refractivity contribution is -0.157. The van der Waals surface area contributed by atoms with Gasteiger partial charge in [0.25, 0.3) is 0 Å². The van der Waals surface area contributed by atoms with Crippen molar-refractivity contribution >= 4 is 40.7 Å². The van der Waals surface area contributed by atoms with Crippen LogP contribution in [0.2, 0.25) is 10.0 Å². The van der Waals surface area contributed by atoms with Crippen molar-refractivity contribution in [2.24, 2.45) is 11.8 Å². The Morgan fingerprint density at radius 1 is 0.929 bits per heavy atom. The predicted octanol–water partition coefficient (Wildman–Crippen LogP) is 4.36. The Balaban J connectivity index is 1.71. The molecule has 2 heterocycles. The summed E-state index contributed by atoms with van der Waals surface area (Å²) in [5, 5.41) is 10.7. The highest BCUT2D eigenvalue weighted by Crippen LogP contribution is 2.48. The first kappa shape index (κ1) is 18.7. The van der Waals surface area contributed by atoms with Crippen molar-refractivity contribution in [2.75, 3.05) is 0 Å². The number of carbonyl (C=O) groups excluding carboxylic acids is 2. The number of carbonyl (C=O) groups is 2. The highest BCUT2D eigenvalue weighted by Gasteiger charge is 2.58. The molecule has 2 saturated heterocycles. The Morgan fingerprint density at radius 3 is 2.11 bits per heavy atom. The van der Waals surface area contributed by atoms with E-state index in [4.69, 9.17) is 32.7 Å². The van der Waals surface area contributed by atoms with Crippen molar-refractivity contribution in [3.8, 4) is 6.07 Å². The molecule has 2 aliphatic rings. The van der Waals surface area contributed by atoms with Gasteiger partial charge in [0.1, 0.15) is 11.8 Å². The third-order valence-corrected chi connectivity index (χ3v) is 5.43. The minimum Gasteiger partial charge on any atom is -0.393 e. The van der Waals surface area contributed by atoms with E-state index in [2.05, 4.69) is 6.07 Å². The van der Waals surface area contributed by atoms with E-state index in [1.807, 2.05) is 0 Å². The lowest BCUT2D eigenvalue weighted by Crippen LogP contribution is -2.22. The topological polar surface area (TPSA) is 76.4 Å². The minimum absolute atomic E-state index is 0.323. The van der Waals surface area contributed by atoms with Crippen LogP contribution >= 0.6 is 23.2 Å². The zero-order valence-electron chi connectivity index (χ0n) is 14.3. The van der Waals surface area contributed by atoms with Crippen molar-refractivity contribution in [1.29, 1.82) is 5.26 Å². The number of nitriles is 1. The van der Waals surface area contributed by atoms with E-state index >= 15 is 0 Å². The van der Waals surface area contributed by atoms with Gasteiger partial charge in [-0.2, -0.15) is 5.26 Å². The quantitative estimate of drug-likeness (QED) is 0.424. The van der Waals surface area contributed by atoms with E-state index in [0.717, 1.165) is 0 Å². The van der Waals surface area contributed by atoms with Crippen molar-refractivity contribution in [3.05, 3.63) is 75.8 Å². The van der Waals surface area contributed by atoms with Gasteiger partial charge in [0.05, 0.1) is 23.9 Å². The molecule has 0 spiro atoms. The van der Waals surface area contributed by atoms with Crippen LogP contribution in [0.15, 0.2) is 54.6 Å². The largest absolute Gasteiger partial charge is 0.393 e. The molecule has 2 fully saturated rings. The zero-order chi connectivity index (χ0) is 19.8. The Morgan fingerprint density at radius 2 is 1.50 bits per heavy atom. The van der Waals surface area contributed by atoms with Crippen LogP contribution in [0.5, 0.6) is 0 Å². The molecule has 140 valence electrons. The van der Waals surface area contributed by atoms with Gasteiger partial charge in [-0.05, 0) is 41.5 Å². The first-order valence-corrected chi connectivity index (χ1v) is 9.28. The molecule has 2 aromatic carbocycles. The summed E-state index contributed by atoms with van der Waals surface area (Å²) in [6.45, 7) is 0. The third kappa shape index (κ3) is 3.31. The molecular formula is C21H13Cl2NO4. The molecule has 5 nitrogen and oxygen atoms in total. The number of hydrogen-bond donors (Lipinski definition) is 0. The third-order valence-electron chi connectivity index (χ3n) is 4.92. The summed E-state index contributed by atoms with van der Waals surface area (Å²) in [5.74, 6) is -2.82. The van der Waals surface area contributed by atoms with Crippen LogP contribution in [0.25, 0.3) is 5.57 Å². The second-order valence-electron chi connectivity index (χ2n) is 6.56. The summed E-state index contributed by atoms with van der Waals surface area (Å²) in [7, 11) is 0. The monoisotopic (exact) mass is 413 g/mol. The van der Waals surface area contributed by atoms with Gasteiger partial charge < -0.3 is 9.47 Å². The van der Waals surface area contributed by atoms with Gasteiger partial charge in [-0.25, -0.2) is 0 Å². The van der Waals surface area contributed by atoms with Gasteiger partial charge in [-0.1, -0.05) is 47.5 Å². The zero-order valence-corrected chi connectivity index (χ0v) is 15.9. The number of ether oxygens (including phenoxy) is 2. The fraction of sp³-hybridized carbons (Fsp3) is 0.190. The Kier molecular flexibility index (Phi) is 4.94. The molecule has 0 saturated carbocycles. The summed E-state index contributed by atoms with van der Waals surface area (Å²) < 4.78 is 10.9. The van der Waals surface area contributed by atoms with E-state index in [1.165, 1.54) is 0 Å². The van der Waals surface area contributed by atoms with Crippen LogP contribution in [-0.2, 0) is 19.1 Å². The van der Waals surface area contributed by atoms with Gasteiger partial charge in [-0.15, -0.1) is 0 Å². The Hall–Kier alpha value is -2.65. The minimum atomic E-state index is -0.802. The summed E-state index contributed by atoms with van der Waals surface area (Å²) in [6, 6.07) is 15.7. The normalized spacial score (nSPS) is 26.7. The molecular weight excluding hydrogens is 401 g/mol. The molecule has 0 unspecified atom stereocenters. The van der Waals surface area contributed by atoms with Gasteiger partial charge in [0, 0.05) is 10.0 Å². The van der Waals surface area contributed by atoms with Crippen molar-refractivity contribution < 1.29 is 19.1 Å². The average molecular weight is 414 g/mol. The molecule has 0 amide bonds. The smallest absolute Gasteiger partial charge is 0.320 e. The lowest BCUT2D eigenvalue weighted by atomic mass is 9.86. The number of allylic oxidation sites excluding steroid dienone is 1. The number of hydrogen-bond acceptors (Lipinski definition) is 5. The van der Waals surface area contributed by atoms with E-state index in [-0.39, 0.29) is 0 Å². The van der Waals surface area contributed by atoms with Crippen LogP contribution in [-0.4, -0.2) is 18.0 Å². The van der Waals surface area contributed by atoms with Crippen molar-refractivity contribution in [3.63, 3.8) is 0 Å². The highest BCUT2D eigenvalue weighted by atomic mass is 35.5. The van der Waals surface area contributed by atoms with Crippen LogP contribution in [0.4, 0.5) is 0 Å². The summed E-state index contributed by atoms with van der Waals surface area (Å²) >= 11 is 11.8. The summed E-state index contributed by atoms with van der Waals surface area (Å²) in [6.07, 6.45) is 0.138. The van der Waals surface area contributed by atoms with E-state index in [9.17, 15) is 14.9 Å². The summed E-state index contributed by atoms with van der Waals surface area (Å²) in [4.78, 5) is 24.6. The van der Waals surface area contributed by atoms with Crippen LogP contribution in [0.1, 0.15) is 17.2 Å². The van der Waals surface area contributed by atoms with Gasteiger partial charge in [-0.3, -0.25) is 9.59 Å². The fourth-order valence-electron chi connectivity index (χ4n) is 3.59. The molecule has 0 bridgehead atoms. The highest BCUT2D eigenvalue weighted by molar-refractivity contribution is 6.30. The maximum atomic E-state index is 12.3. The number of fused-ring (bicyclic) bond motifs is 1. The standard InChI is InChI=1S/C21H13Cl2NO4/c22-14-5-1-11(2-6-14)13(10-24)9-16-17-18(21(26)28-20(17)25)19(27-16)12-3-7-15(23)8-4-12/h1-9,16-19H/b13-9+/t16-,17+,18+,19+/m1/s1. The molecule has 0 radical (unpaired) electrons. The van der Waals surface area contributed by atoms with E-state index in [0.29, 0.717) is 26.7 Å². The number of rotatable bonds is 3. The van der Waals surface area contributed by atoms with Gasteiger partial charge in [0.2, 0.25) is 0 Å². The molecule has 4 rings (SSSR count). The maximum absolute atomic E-state index is 12.3. The van der Waals surface area contributed by atoms with Gasteiger partial charge in [0.15, 0.2) is 0 Å².